The first-order chi connectivity index (χ1) is 9.69. The summed E-state index contributed by atoms with van der Waals surface area (Å²) in [5.74, 6) is 0. The SMILES string of the molecule is ClC1Cc2cccc(c2)CC(Cl)Cc2cccc(c2)C1. The van der Waals surface area contributed by atoms with Gasteiger partial charge in [0.1, 0.15) is 0 Å². The van der Waals surface area contributed by atoms with Gasteiger partial charge in [0.2, 0.25) is 0 Å². The van der Waals surface area contributed by atoms with E-state index in [0.717, 1.165) is 25.7 Å². The molecular weight excluding hydrogens is 287 g/mol. The molecule has 0 nitrogen and oxygen atoms in total. The highest BCUT2D eigenvalue weighted by molar-refractivity contribution is 6.21. The van der Waals surface area contributed by atoms with Crippen LogP contribution in [0.4, 0.5) is 0 Å². The van der Waals surface area contributed by atoms with Gasteiger partial charge in [-0.1, -0.05) is 48.5 Å². The molecule has 20 heavy (non-hydrogen) atoms. The molecule has 1 aliphatic carbocycles. The molecule has 0 amide bonds. The van der Waals surface area contributed by atoms with Gasteiger partial charge in [0.05, 0.1) is 0 Å². The molecule has 2 aromatic rings. The van der Waals surface area contributed by atoms with Gasteiger partial charge in [0, 0.05) is 10.8 Å². The molecule has 0 heterocycles. The number of fused-ring (bicyclic) bond motifs is 4. The molecule has 0 unspecified atom stereocenters. The van der Waals surface area contributed by atoms with Crippen LogP contribution >= 0.6 is 23.2 Å². The summed E-state index contributed by atoms with van der Waals surface area (Å²) >= 11 is 13.0. The summed E-state index contributed by atoms with van der Waals surface area (Å²) in [7, 11) is 0. The lowest BCUT2D eigenvalue weighted by Gasteiger charge is -2.16. The van der Waals surface area contributed by atoms with Crippen LogP contribution in [-0.4, -0.2) is 10.8 Å². The van der Waals surface area contributed by atoms with E-state index in [1.54, 1.807) is 0 Å². The van der Waals surface area contributed by atoms with Crippen LogP contribution in [0.2, 0.25) is 0 Å². The highest BCUT2D eigenvalue weighted by atomic mass is 35.5. The third-order valence-electron chi connectivity index (χ3n) is 3.81. The van der Waals surface area contributed by atoms with Gasteiger partial charge in [-0.15, -0.1) is 23.2 Å². The van der Waals surface area contributed by atoms with Crippen molar-refractivity contribution < 1.29 is 0 Å². The first-order valence-electron chi connectivity index (χ1n) is 7.13. The Balaban J connectivity index is 1.93. The van der Waals surface area contributed by atoms with E-state index in [0.29, 0.717) is 0 Å². The Morgan fingerprint density at radius 3 is 1.20 bits per heavy atom. The summed E-state index contributed by atoms with van der Waals surface area (Å²) in [6.07, 6.45) is 3.64. The van der Waals surface area contributed by atoms with Crippen LogP contribution in [0, 0.1) is 0 Å². The molecule has 0 fully saturated rings. The lowest BCUT2D eigenvalue weighted by atomic mass is 9.95. The summed E-state index contributed by atoms with van der Waals surface area (Å²) in [6.45, 7) is 0. The van der Waals surface area contributed by atoms with Gasteiger partial charge in [0.15, 0.2) is 0 Å². The van der Waals surface area contributed by atoms with E-state index in [4.69, 9.17) is 23.2 Å². The summed E-state index contributed by atoms with van der Waals surface area (Å²) in [6, 6.07) is 17.4. The predicted octanol–water partition coefficient (Wildman–Crippen LogP) is 4.79. The van der Waals surface area contributed by atoms with Gasteiger partial charge in [-0.2, -0.15) is 0 Å². The number of rotatable bonds is 0. The summed E-state index contributed by atoms with van der Waals surface area (Å²) in [4.78, 5) is 0. The zero-order valence-electron chi connectivity index (χ0n) is 11.4. The zero-order valence-corrected chi connectivity index (χ0v) is 12.9. The highest BCUT2D eigenvalue weighted by Crippen LogP contribution is 2.21. The maximum Gasteiger partial charge on any atom is 0.0416 e. The Morgan fingerprint density at radius 1 is 0.600 bits per heavy atom. The van der Waals surface area contributed by atoms with Gasteiger partial charge in [-0.3, -0.25) is 0 Å². The van der Waals surface area contributed by atoms with Crippen molar-refractivity contribution in [2.45, 2.75) is 36.4 Å². The van der Waals surface area contributed by atoms with E-state index in [2.05, 4.69) is 48.5 Å². The van der Waals surface area contributed by atoms with Crippen molar-refractivity contribution in [2.24, 2.45) is 0 Å². The molecule has 3 rings (SSSR count). The first-order valence-corrected chi connectivity index (χ1v) is 8.00. The minimum atomic E-state index is 0.145. The van der Waals surface area contributed by atoms with E-state index in [-0.39, 0.29) is 10.8 Å². The summed E-state index contributed by atoms with van der Waals surface area (Å²) in [5, 5.41) is 0.290. The Bertz CT molecular complexity index is 495. The van der Waals surface area contributed by atoms with Crippen LogP contribution in [0.5, 0.6) is 0 Å². The average Bonchev–Trinajstić information content (AvgIpc) is 2.38. The Hall–Kier alpha value is -0.980. The Labute approximate surface area is 130 Å². The number of benzene rings is 2. The van der Waals surface area contributed by atoms with E-state index >= 15 is 0 Å². The number of hydrogen-bond acceptors (Lipinski definition) is 0. The van der Waals surface area contributed by atoms with Gasteiger partial charge >= 0.3 is 0 Å². The second-order valence-corrected chi connectivity index (χ2v) is 6.89. The molecule has 1 aliphatic rings. The second-order valence-electron chi connectivity index (χ2n) is 5.65. The smallest absolute Gasteiger partial charge is 0.0416 e. The second kappa shape index (κ2) is 6.20. The molecule has 0 N–H and O–H groups in total. The topological polar surface area (TPSA) is 0 Å². The Kier molecular flexibility index (Phi) is 4.33. The van der Waals surface area contributed by atoms with Crippen molar-refractivity contribution in [2.75, 3.05) is 0 Å². The number of alkyl halides is 2. The average molecular weight is 305 g/mol. The van der Waals surface area contributed by atoms with Crippen LogP contribution in [0.25, 0.3) is 0 Å². The molecule has 2 heteroatoms. The van der Waals surface area contributed by atoms with Crippen LogP contribution in [-0.2, 0) is 25.7 Å². The van der Waals surface area contributed by atoms with Crippen LogP contribution in [0.1, 0.15) is 22.3 Å². The Morgan fingerprint density at radius 2 is 0.900 bits per heavy atom. The number of halogens is 2. The third kappa shape index (κ3) is 3.56. The normalized spacial score (nSPS) is 22.7. The van der Waals surface area contributed by atoms with E-state index in [1.807, 2.05) is 0 Å². The van der Waals surface area contributed by atoms with E-state index < -0.39 is 0 Å². The quantitative estimate of drug-likeness (QED) is 0.614. The van der Waals surface area contributed by atoms with Crippen molar-refractivity contribution in [3.8, 4) is 0 Å². The lowest BCUT2D eigenvalue weighted by molar-refractivity contribution is 0.799. The van der Waals surface area contributed by atoms with E-state index in [1.165, 1.54) is 22.3 Å². The van der Waals surface area contributed by atoms with Gasteiger partial charge in [-0.25, -0.2) is 0 Å². The number of hydrogen-bond donors (Lipinski definition) is 0. The molecule has 0 aromatic heterocycles. The fourth-order valence-electron chi connectivity index (χ4n) is 2.93. The molecule has 0 spiro atoms. The van der Waals surface area contributed by atoms with Crippen molar-refractivity contribution >= 4 is 23.2 Å². The molecule has 2 aromatic carbocycles. The molecular formula is C18H18Cl2. The van der Waals surface area contributed by atoms with Gasteiger partial charge in [-0.05, 0) is 47.9 Å². The first kappa shape index (κ1) is 14.0. The molecule has 0 saturated heterocycles. The van der Waals surface area contributed by atoms with Crippen LogP contribution in [0.3, 0.4) is 0 Å². The summed E-state index contributed by atoms with van der Waals surface area (Å²) in [5.41, 5.74) is 5.23. The van der Waals surface area contributed by atoms with Crippen molar-refractivity contribution in [1.29, 1.82) is 0 Å². The van der Waals surface area contributed by atoms with Crippen LogP contribution < -0.4 is 0 Å². The zero-order chi connectivity index (χ0) is 13.9. The van der Waals surface area contributed by atoms with Gasteiger partial charge in [0.25, 0.3) is 0 Å². The van der Waals surface area contributed by atoms with Gasteiger partial charge < -0.3 is 0 Å². The van der Waals surface area contributed by atoms with Crippen molar-refractivity contribution in [1.82, 2.24) is 0 Å². The van der Waals surface area contributed by atoms with E-state index in [9.17, 15) is 0 Å². The maximum atomic E-state index is 6.52. The molecule has 0 radical (unpaired) electrons. The fourth-order valence-corrected chi connectivity index (χ4v) is 3.65. The van der Waals surface area contributed by atoms with Crippen molar-refractivity contribution in [3.05, 3.63) is 70.8 Å². The minimum absolute atomic E-state index is 0.145. The standard InChI is InChI=1S/C18H18Cl2/c19-17-9-13-3-1-4-14(7-13)10-18(20)12-16-6-2-5-15(8-16)11-17/h1-8,17-18H,9-12H2. The van der Waals surface area contributed by atoms with Crippen LogP contribution in [0.15, 0.2) is 48.5 Å². The molecule has 0 aliphatic heterocycles. The molecule has 0 saturated carbocycles. The maximum absolute atomic E-state index is 6.52. The third-order valence-corrected chi connectivity index (χ3v) is 4.43. The predicted molar refractivity (Wildman–Crippen MR) is 87.0 cm³/mol. The highest BCUT2D eigenvalue weighted by Gasteiger charge is 2.13. The fraction of sp³-hybridized carbons (Fsp3) is 0.333. The molecule has 4 bridgehead atoms. The molecule has 0 atom stereocenters. The lowest BCUT2D eigenvalue weighted by Crippen LogP contribution is -2.12. The monoisotopic (exact) mass is 304 g/mol. The minimum Gasteiger partial charge on any atom is -0.122 e. The summed E-state index contributed by atoms with van der Waals surface area (Å²) < 4.78 is 0. The van der Waals surface area contributed by atoms with Crippen molar-refractivity contribution in [3.63, 3.8) is 0 Å². The molecule has 104 valence electrons. The largest absolute Gasteiger partial charge is 0.122 e.